The molecule has 0 unspecified atom stereocenters. The number of carbonyl (C=O) groups excluding carboxylic acids is 1. The van der Waals surface area contributed by atoms with Gasteiger partial charge in [0.1, 0.15) is 17.2 Å². The van der Waals surface area contributed by atoms with E-state index in [1.165, 1.54) is 7.05 Å². The smallest absolute Gasteiger partial charge is 0.319 e. The van der Waals surface area contributed by atoms with Gasteiger partial charge in [-0.1, -0.05) is 12.1 Å². The molecule has 8 nitrogen and oxygen atoms in total. The summed E-state index contributed by atoms with van der Waals surface area (Å²) in [5.74, 6) is 1.09. The van der Waals surface area contributed by atoms with E-state index in [1.807, 2.05) is 12.1 Å². The minimum atomic E-state index is -0.446. The normalized spacial score (nSPS) is 9.62. The van der Waals surface area contributed by atoms with Gasteiger partial charge in [-0.3, -0.25) is 0 Å². The quantitative estimate of drug-likeness (QED) is 0.680. The molecule has 0 bridgehead atoms. The van der Waals surface area contributed by atoms with E-state index in [4.69, 9.17) is 20.0 Å². The number of urea groups is 1. The van der Waals surface area contributed by atoms with Crippen LogP contribution in [0.15, 0.2) is 60.7 Å². The lowest BCUT2D eigenvalue weighted by Crippen LogP contribution is -2.24. The summed E-state index contributed by atoms with van der Waals surface area (Å²) >= 11 is 0. The third kappa shape index (κ3) is 5.00. The van der Waals surface area contributed by atoms with E-state index in [0.29, 0.717) is 28.3 Å². The molecule has 1 aromatic heterocycles. The molecular formula is C21H15N5O3. The van der Waals surface area contributed by atoms with Gasteiger partial charge < -0.3 is 20.1 Å². The van der Waals surface area contributed by atoms with Crippen LogP contribution in [-0.2, 0) is 0 Å². The Morgan fingerprint density at radius 1 is 0.931 bits per heavy atom. The van der Waals surface area contributed by atoms with Gasteiger partial charge in [-0.25, -0.2) is 4.79 Å². The van der Waals surface area contributed by atoms with E-state index in [0.717, 1.165) is 0 Å². The number of carbonyl (C=O) groups is 1. The lowest BCUT2D eigenvalue weighted by atomic mass is 10.2. The zero-order valence-corrected chi connectivity index (χ0v) is 15.3. The first-order chi connectivity index (χ1) is 14.1. The van der Waals surface area contributed by atoms with Crippen molar-refractivity contribution in [3.63, 3.8) is 0 Å². The number of pyridine rings is 1. The highest BCUT2D eigenvalue weighted by molar-refractivity contribution is 5.90. The number of nitrogens with one attached hydrogen (secondary N) is 2. The van der Waals surface area contributed by atoms with Crippen molar-refractivity contribution in [1.82, 2.24) is 10.3 Å². The van der Waals surface area contributed by atoms with Crippen LogP contribution in [0.25, 0.3) is 0 Å². The highest BCUT2D eigenvalue weighted by atomic mass is 16.5. The minimum Gasteiger partial charge on any atom is -0.439 e. The van der Waals surface area contributed by atoms with Gasteiger partial charge >= 0.3 is 6.03 Å². The maximum Gasteiger partial charge on any atom is 0.319 e. The predicted molar refractivity (Wildman–Crippen MR) is 105 cm³/mol. The number of benzene rings is 2. The maximum absolute atomic E-state index is 11.7. The van der Waals surface area contributed by atoms with Crippen LogP contribution in [0, 0.1) is 22.7 Å². The van der Waals surface area contributed by atoms with Crippen LogP contribution in [0.5, 0.6) is 23.3 Å². The molecular weight excluding hydrogens is 370 g/mol. The Kier molecular flexibility index (Phi) is 5.89. The van der Waals surface area contributed by atoms with Crippen molar-refractivity contribution in [2.75, 3.05) is 12.4 Å². The van der Waals surface area contributed by atoms with Gasteiger partial charge in [0, 0.05) is 13.1 Å². The van der Waals surface area contributed by atoms with Crippen molar-refractivity contribution in [3.05, 3.63) is 71.8 Å². The molecule has 29 heavy (non-hydrogen) atoms. The van der Waals surface area contributed by atoms with Crippen molar-refractivity contribution in [2.24, 2.45) is 0 Å². The average Bonchev–Trinajstić information content (AvgIpc) is 2.75. The van der Waals surface area contributed by atoms with Crippen molar-refractivity contribution in [3.8, 4) is 35.4 Å². The Bertz CT molecular complexity index is 1130. The average molecular weight is 385 g/mol. The summed E-state index contributed by atoms with van der Waals surface area (Å²) in [7, 11) is 1.49. The molecule has 1 heterocycles. The van der Waals surface area contributed by atoms with Gasteiger partial charge in [0.2, 0.25) is 11.8 Å². The Morgan fingerprint density at radius 2 is 1.55 bits per heavy atom. The van der Waals surface area contributed by atoms with E-state index in [9.17, 15) is 4.79 Å². The maximum atomic E-state index is 11.7. The lowest BCUT2D eigenvalue weighted by molar-refractivity contribution is 0.254. The first-order valence-electron chi connectivity index (χ1n) is 8.47. The van der Waals surface area contributed by atoms with Gasteiger partial charge in [0.15, 0.2) is 0 Å². The fraction of sp³-hybridized carbons (Fsp3) is 0.0476. The van der Waals surface area contributed by atoms with Gasteiger partial charge in [0.25, 0.3) is 0 Å². The number of ether oxygens (including phenoxy) is 2. The van der Waals surface area contributed by atoms with Crippen molar-refractivity contribution in [2.45, 2.75) is 0 Å². The van der Waals surface area contributed by atoms with Crippen LogP contribution in [0.4, 0.5) is 10.5 Å². The number of amides is 2. The number of nitrogens with zero attached hydrogens (tertiary/aromatic N) is 3. The number of hydrogen-bond donors (Lipinski definition) is 2. The molecule has 0 radical (unpaired) electrons. The highest BCUT2D eigenvalue weighted by Gasteiger charge is 2.13. The van der Waals surface area contributed by atoms with E-state index in [1.54, 1.807) is 60.7 Å². The van der Waals surface area contributed by atoms with Crippen molar-refractivity contribution in [1.29, 1.82) is 10.5 Å². The van der Waals surface area contributed by atoms with E-state index < -0.39 is 6.03 Å². The SMILES string of the molecule is CNC(=O)Nc1ccc(Oc2cccc(C#N)c2)nc1Oc1cccc(C#N)c1. The lowest BCUT2D eigenvalue weighted by Gasteiger charge is -2.13. The van der Waals surface area contributed by atoms with Crippen LogP contribution in [0.3, 0.4) is 0 Å². The second kappa shape index (κ2) is 8.89. The van der Waals surface area contributed by atoms with Crippen LogP contribution in [0.1, 0.15) is 11.1 Å². The predicted octanol–water partition coefficient (Wildman–Crippen LogP) is 4.16. The number of rotatable bonds is 5. The molecule has 8 heteroatoms. The van der Waals surface area contributed by atoms with Crippen LogP contribution in [0.2, 0.25) is 0 Å². The van der Waals surface area contributed by atoms with E-state index in [2.05, 4.69) is 15.6 Å². The zero-order chi connectivity index (χ0) is 20.6. The summed E-state index contributed by atoms with van der Waals surface area (Å²) in [5.41, 5.74) is 1.18. The van der Waals surface area contributed by atoms with Gasteiger partial charge in [-0.2, -0.15) is 15.5 Å². The van der Waals surface area contributed by atoms with Gasteiger partial charge in [-0.05, 0) is 42.5 Å². The molecule has 0 atom stereocenters. The van der Waals surface area contributed by atoms with Crippen LogP contribution >= 0.6 is 0 Å². The highest BCUT2D eigenvalue weighted by Crippen LogP contribution is 2.32. The zero-order valence-electron chi connectivity index (χ0n) is 15.3. The number of nitriles is 2. The number of hydrogen-bond acceptors (Lipinski definition) is 6. The molecule has 0 aliphatic rings. The van der Waals surface area contributed by atoms with Crippen LogP contribution in [-0.4, -0.2) is 18.1 Å². The Hall–Kier alpha value is -4.56. The molecule has 0 saturated carbocycles. The topological polar surface area (TPSA) is 120 Å². The summed E-state index contributed by atoms with van der Waals surface area (Å²) in [4.78, 5) is 16.0. The second-order valence-electron chi connectivity index (χ2n) is 5.69. The fourth-order valence-corrected chi connectivity index (χ4v) is 2.33. The fourth-order valence-electron chi connectivity index (χ4n) is 2.33. The second-order valence-corrected chi connectivity index (χ2v) is 5.69. The third-order valence-corrected chi connectivity index (χ3v) is 3.67. The molecule has 2 amide bonds. The number of anilines is 1. The molecule has 3 rings (SSSR count). The molecule has 3 aromatic rings. The molecule has 0 saturated heterocycles. The molecule has 2 N–H and O–H groups in total. The molecule has 2 aromatic carbocycles. The van der Waals surface area contributed by atoms with Crippen molar-refractivity contribution < 1.29 is 14.3 Å². The minimum absolute atomic E-state index is 0.0811. The summed E-state index contributed by atoms with van der Waals surface area (Å²) in [5, 5.41) is 23.1. The summed E-state index contributed by atoms with van der Waals surface area (Å²) < 4.78 is 11.5. The Morgan fingerprint density at radius 3 is 2.14 bits per heavy atom. The standard InChI is InChI=1S/C21H15N5O3/c1-24-21(27)25-18-8-9-19(28-16-6-2-4-14(10-16)12-22)26-20(18)29-17-7-3-5-15(11-17)13-23/h2-11H,1H3,(H2,24,25,27). The van der Waals surface area contributed by atoms with Gasteiger partial charge in [0.05, 0.1) is 23.3 Å². The first kappa shape index (κ1) is 19.2. The van der Waals surface area contributed by atoms with E-state index in [-0.39, 0.29) is 11.8 Å². The summed E-state index contributed by atoms with van der Waals surface area (Å²) in [6, 6.07) is 19.9. The molecule has 0 aliphatic carbocycles. The first-order valence-corrected chi connectivity index (χ1v) is 8.47. The van der Waals surface area contributed by atoms with Crippen molar-refractivity contribution >= 4 is 11.7 Å². The summed E-state index contributed by atoms with van der Waals surface area (Å²) in [6.45, 7) is 0. The Labute approximate surface area is 166 Å². The largest absolute Gasteiger partial charge is 0.439 e. The molecule has 0 fully saturated rings. The van der Waals surface area contributed by atoms with E-state index >= 15 is 0 Å². The molecule has 0 aliphatic heterocycles. The Balaban J connectivity index is 1.93. The monoisotopic (exact) mass is 385 g/mol. The number of aromatic nitrogens is 1. The molecule has 0 spiro atoms. The summed E-state index contributed by atoms with van der Waals surface area (Å²) in [6.07, 6.45) is 0. The van der Waals surface area contributed by atoms with Crippen LogP contribution < -0.4 is 20.1 Å². The van der Waals surface area contributed by atoms with Gasteiger partial charge in [-0.15, -0.1) is 0 Å². The third-order valence-electron chi connectivity index (χ3n) is 3.67. The molecule has 142 valence electrons.